The van der Waals surface area contributed by atoms with Crippen LogP contribution in [0.2, 0.25) is 0 Å². The van der Waals surface area contributed by atoms with E-state index in [1.807, 2.05) is 31.2 Å². The molecule has 0 radical (unpaired) electrons. The van der Waals surface area contributed by atoms with Gasteiger partial charge in [0.15, 0.2) is 5.84 Å². The van der Waals surface area contributed by atoms with Crippen molar-refractivity contribution in [1.82, 2.24) is 5.32 Å². The van der Waals surface area contributed by atoms with Gasteiger partial charge in [0.05, 0.1) is 6.54 Å². The molecular weight excluding hydrogens is 218 g/mol. The molecule has 0 aliphatic rings. The zero-order valence-corrected chi connectivity index (χ0v) is 9.81. The van der Waals surface area contributed by atoms with E-state index in [9.17, 15) is 4.79 Å². The molecule has 92 valence electrons. The summed E-state index contributed by atoms with van der Waals surface area (Å²) in [5.74, 6) is -0.117. The highest BCUT2D eigenvalue weighted by Crippen LogP contribution is 2.09. The second-order valence-electron chi connectivity index (χ2n) is 3.79. The van der Waals surface area contributed by atoms with Crippen LogP contribution in [0.25, 0.3) is 0 Å². The number of rotatable bonds is 5. The molecule has 1 aromatic carbocycles. The first-order chi connectivity index (χ1) is 8.13. The lowest BCUT2D eigenvalue weighted by Crippen LogP contribution is -2.33. The minimum atomic E-state index is -0.111. The van der Waals surface area contributed by atoms with Crippen molar-refractivity contribution >= 4 is 11.7 Å². The average Bonchev–Trinajstić information content (AvgIpc) is 2.35. The first-order valence-electron chi connectivity index (χ1n) is 5.41. The lowest BCUT2D eigenvalue weighted by molar-refractivity contribution is -0.120. The van der Waals surface area contributed by atoms with Crippen molar-refractivity contribution < 1.29 is 10.0 Å². The number of aryl methyl sites for hydroxylation is 2. The Kier molecular flexibility index (Phi) is 5.00. The van der Waals surface area contributed by atoms with Gasteiger partial charge in [-0.2, -0.15) is 0 Å². The largest absolute Gasteiger partial charge is 0.409 e. The highest BCUT2D eigenvalue weighted by Gasteiger charge is 2.04. The van der Waals surface area contributed by atoms with Crippen LogP contribution in [0.4, 0.5) is 0 Å². The number of amidine groups is 1. The molecule has 4 N–H and O–H groups in total. The van der Waals surface area contributed by atoms with Crippen LogP contribution in [-0.2, 0) is 11.2 Å². The number of carbonyl (C=O) groups excluding carboxylic acids is 1. The maximum Gasteiger partial charge on any atom is 0.220 e. The molecule has 0 spiro atoms. The van der Waals surface area contributed by atoms with Gasteiger partial charge >= 0.3 is 0 Å². The fourth-order valence-electron chi connectivity index (χ4n) is 1.45. The Bertz CT molecular complexity index is 416. The predicted octanol–water partition coefficient (Wildman–Crippen LogP) is 0.790. The summed E-state index contributed by atoms with van der Waals surface area (Å²) in [6.07, 6.45) is 1.08. The molecule has 0 unspecified atom stereocenters. The highest BCUT2D eigenvalue weighted by molar-refractivity contribution is 5.86. The number of hydrogen-bond acceptors (Lipinski definition) is 3. The Balaban J connectivity index is 2.36. The number of oxime groups is 1. The summed E-state index contributed by atoms with van der Waals surface area (Å²) in [6, 6.07) is 7.95. The summed E-state index contributed by atoms with van der Waals surface area (Å²) < 4.78 is 0. The predicted molar refractivity (Wildman–Crippen MR) is 65.9 cm³/mol. The molecular formula is C12H17N3O2. The molecule has 0 fully saturated rings. The second-order valence-corrected chi connectivity index (χ2v) is 3.79. The fourth-order valence-corrected chi connectivity index (χ4v) is 1.45. The van der Waals surface area contributed by atoms with Crippen LogP contribution in [0.15, 0.2) is 29.4 Å². The van der Waals surface area contributed by atoms with Crippen LogP contribution >= 0.6 is 0 Å². The van der Waals surface area contributed by atoms with Gasteiger partial charge in [0.2, 0.25) is 5.91 Å². The Morgan fingerprint density at radius 3 is 2.82 bits per heavy atom. The summed E-state index contributed by atoms with van der Waals surface area (Å²) >= 11 is 0. The van der Waals surface area contributed by atoms with Gasteiger partial charge < -0.3 is 16.3 Å². The zero-order chi connectivity index (χ0) is 12.7. The third-order valence-corrected chi connectivity index (χ3v) is 2.48. The normalized spacial score (nSPS) is 11.2. The molecule has 0 saturated carbocycles. The number of hydrogen-bond donors (Lipinski definition) is 3. The average molecular weight is 235 g/mol. The van der Waals surface area contributed by atoms with Crippen molar-refractivity contribution in [2.24, 2.45) is 10.9 Å². The Hall–Kier alpha value is -2.04. The third-order valence-electron chi connectivity index (χ3n) is 2.48. The molecule has 0 aliphatic carbocycles. The van der Waals surface area contributed by atoms with Crippen molar-refractivity contribution in [3.8, 4) is 0 Å². The molecule has 1 amide bonds. The van der Waals surface area contributed by atoms with E-state index >= 15 is 0 Å². The SMILES string of the molecule is Cc1ccccc1CCC(=O)NCC(N)=NO. The van der Waals surface area contributed by atoms with E-state index in [1.54, 1.807) is 0 Å². The molecule has 1 aromatic rings. The van der Waals surface area contributed by atoms with Gasteiger partial charge in [-0.05, 0) is 24.5 Å². The van der Waals surface area contributed by atoms with E-state index in [-0.39, 0.29) is 18.3 Å². The van der Waals surface area contributed by atoms with Crippen molar-refractivity contribution in [3.63, 3.8) is 0 Å². The first kappa shape index (κ1) is 13.0. The summed E-state index contributed by atoms with van der Waals surface area (Å²) in [6.45, 7) is 2.09. The van der Waals surface area contributed by atoms with Gasteiger partial charge in [-0.15, -0.1) is 0 Å². The molecule has 5 heteroatoms. The number of amides is 1. The molecule has 0 aliphatic heterocycles. The van der Waals surface area contributed by atoms with E-state index in [0.717, 1.165) is 5.56 Å². The number of carbonyl (C=O) groups is 1. The van der Waals surface area contributed by atoms with Gasteiger partial charge in [0.1, 0.15) is 0 Å². The van der Waals surface area contributed by atoms with E-state index in [1.165, 1.54) is 5.56 Å². The molecule has 5 nitrogen and oxygen atoms in total. The topological polar surface area (TPSA) is 87.7 Å². The van der Waals surface area contributed by atoms with Crippen molar-refractivity contribution in [2.45, 2.75) is 19.8 Å². The van der Waals surface area contributed by atoms with Crippen molar-refractivity contribution in [1.29, 1.82) is 0 Å². The van der Waals surface area contributed by atoms with Crippen LogP contribution in [0.1, 0.15) is 17.5 Å². The molecule has 1 rings (SSSR count). The van der Waals surface area contributed by atoms with Crippen LogP contribution in [0, 0.1) is 6.92 Å². The lowest BCUT2D eigenvalue weighted by atomic mass is 10.0. The maximum atomic E-state index is 11.4. The van der Waals surface area contributed by atoms with E-state index in [0.29, 0.717) is 12.8 Å². The minimum absolute atomic E-state index is 0.00533. The standard InChI is InChI=1S/C12H17N3O2/c1-9-4-2-3-5-10(9)6-7-12(16)14-8-11(13)15-17/h2-5,17H,6-8H2,1H3,(H2,13,15)(H,14,16). The Morgan fingerprint density at radius 1 is 1.47 bits per heavy atom. The van der Waals surface area contributed by atoms with Gasteiger partial charge in [-0.1, -0.05) is 29.4 Å². The quantitative estimate of drug-likeness (QED) is 0.305. The van der Waals surface area contributed by atoms with Gasteiger partial charge in [0, 0.05) is 6.42 Å². The lowest BCUT2D eigenvalue weighted by Gasteiger charge is -2.06. The number of nitrogens with one attached hydrogen (secondary N) is 1. The number of nitrogens with two attached hydrogens (primary N) is 1. The van der Waals surface area contributed by atoms with E-state index in [4.69, 9.17) is 10.9 Å². The smallest absolute Gasteiger partial charge is 0.220 e. The molecule has 0 heterocycles. The third kappa shape index (κ3) is 4.55. The first-order valence-corrected chi connectivity index (χ1v) is 5.41. The highest BCUT2D eigenvalue weighted by atomic mass is 16.4. The van der Waals surface area contributed by atoms with Gasteiger partial charge in [0.25, 0.3) is 0 Å². The van der Waals surface area contributed by atoms with Crippen LogP contribution < -0.4 is 11.1 Å². The van der Waals surface area contributed by atoms with Crippen molar-refractivity contribution in [3.05, 3.63) is 35.4 Å². The van der Waals surface area contributed by atoms with E-state index in [2.05, 4.69) is 10.5 Å². The molecule has 0 saturated heterocycles. The molecule has 0 bridgehead atoms. The summed E-state index contributed by atoms with van der Waals surface area (Å²) in [7, 11) is 0. The molecule has 0 aromatic heterocycles. The Labute approximate surface area is 100 Å². The zero-order valence-electron chi connectivity index (χ0n) is 9.81. The second kappa shape index (κ2) is 6.52. The summed E-state index contributed by atoms with van der Waals surface area (Å²) in [4.78, 5) is 11.4. The summed E-state index contributed by atoms with van der Waals surface area (Å²) in [5, 5.41) is 13.6. The fraction of sp³-hybridized carbons (Fsp3) is 0.333. The van der Waals surface area contributed by atoms with Gasteiger partial charge in [-0.25, -0.2) is 0 Å². The monoisotopic (exact) mass is 235 g/mol. The number of nitrogens with zero attached hydrogens (tertiary/aromatic N) is 1. The minimum Gasteiger partial charge on any atom is -0.409 e. The molecule has 17 heavy (non-hydrogen) atoms. The maximum absolute atomic E-state index is 11.4. The van der Waals surface area contributed by atoms with Crippen molar-refractivity contribution in [2.75, 3.05) is 6.54 Å². The van der Waals surface area contributed by atoms with E-state index < -0.39 is 0 Å². The summed E-state index contributed by atoms with van der Waals surface area (Å²) in [5.41, 5.74) is 7.57. The number of benzene rings is 1. The van der Waals surface area contributed by atoms with Crippen LogP contribution in [0.3, 0.4) is 0 Å². The van der Waals surface area contributed by atoms with Gasteiger partial charge in [-0.3, -0.25) is 4.79 Å². The Morgan fingerprint density at radius 2 is 2.18 bits per heavy atom. The van der Waals surface area contributed by atoms with Crippen LogP contribution in [-0.4, -0.2) is 23.5 Å². The van der Waals surface area contributed by atoms with Crippen LogP contribution in [0.5, 0.6) is 0 Å². The molecule has 0 atom stereocenters.